The van der Waals surface area contributed by atoms with Gasteiger partial charge in [-0.25, -0.2) is 9.79 Å². The first kappa shape index (κ1) is 57.3. The third kappa shape index (κ3) is 42.0. The third-order valence-electron chi connectivity index (χ3n) is 11.7. The number of aliphatic imine (C=N–C) groups is 1. The average Bonchev–Trinajstić information content (AvgIpc) is 3.20. The number of carbonyl (C=O) groups excluding carboxylic acids is 2. The van der Waals surface area contributed by atoms with Crippen LogP contribution >= 0.6 is 0 Å². The van der Waals surface area contributed by atoms with Crippen LogP contribution in [0.5, 0.6) is 0 Å². The molecule has 2 aromatic rings. The predicted octanol–water partition coefficient (Wildman–Crippen LogP) is 17.9. The molecule has 344 valence electrons. The number of unbranched alkanes of at least 4 members (excludes halogenated alkanes) is 31. The van der Waals surface area contributed by atoms with Crippen molar-refractivity contribution in [3.8, 4) is 0 Å². The summed E-state index contributed by atoms with van der Waals surface area (Å²) < 4.78 is 0. The number of rotatable bonds is 37. The molecule has 4 heteroatoms. The summed E-state index contributed by atoms with van der Waals surface area (Å²) in [6, 6.07) is 12.5. The SMILES string of the molecule is CCCCCCCCCCCCCCCCCCCC(=O)Cc1cc(C)cc(C)c1.CCCCCCCCCCCCCCCCCCN=C=O.Cc1cc(C)cc(N)c1. The van der Waals surface area contributed by atoms with Gasteiger partial charge in [-0.3, -0.25) is 4.79 Å². The van der Waals surface area contributed by atoms with Crippen LogP contribution in [0, 0.1) is 27.7 Å². The number of benzene rings is 2. The molecule has 60 heavy (non-hydrogen) atoms. The number of Topliss-reactive ketones (excluding diaryl/α,β-unsaturated/α-hetero) is 1. The molecule has 0 saturated carbocycles. The average molecular weight is 831 g/mol. The Balaban J connectivity index is 0.000000997. The Hall–Kier alpha value is -2.71. The zero-order valence-corrected chi connectivity index (χ0v) is 40.8. The van der Waals surface area contributed by atoms with Crippen LogP contribution in [-0.2, 0) is 16.0 Å². The van der Waals surface area contributed by atoms with Crippen LogP contribution < -0.4 is 5.73 Å². The van der Waals surface area contributed by atoms with E-state index in [9.17, 15) is 9.59 Å². The van der Waals surface area contributed by atoms with Gasteiger partial charge < -0.3 is 5.73 Å². The van der Waals surface area contributed by atoms with E-state index in [1.165, 1.54) is 227 Å². The van der Waals surface area contributed by atoms with E-state index in [0.717, 1.165) is 24.9 Å². The summed E-state index contributed by atoms with van der Waals surface area (Å²) in [4.78, 5) is 25.6. The van der Waals surface area contributed by atoms with Gasteiger partial charge in [0.2, 0.25) is 6.08 Å². The molecular weight excluding hydrogens is 733 g/mol. The number of nitrogens with zero attached hydrogens (tertiary/aromatic N) is 1. The van der Waals surface area contributed by atoms with E-state index in [-0.39, 0.29) is 0 Å². The van der Waals surface area contributed by atoms with Gasteiger partial charge in [0.1, 0.15) is 5.78 Å². The quantitative estimate of drug-likeness (QED) is 0.0319. The number of anilines is 1. The van der Waals surface area contributed by atoms with E-state index < -0.39 is 0 Å². The Labute approximate surface area is 373 Å². The van der Waals surface area contributed by atoms with Crippen molar-refractivity contribution >= 4 is 17.6 Å². The second kappa shape index (κ2) is 44.3. The summed E-state index contributed by atoms with van der Waals surface area (Å²) >= 11 is 0. The van der Waals surface area contributed by atoms with Crippen molar-refractivity contribution in [3.05, 3.63) is 64.2 Å². The van der Waals surface area contributed by atoms with E-state index >= 15 is 0 Å². The van der Waals surface area contributed by atoms with Crippen molar-refractivity contribution in [1.82, 2.24) is 0 Å². The molecule has 0 aliphatic carbocycles. The molecule has 0 atom stereocenters. The number of carbonyl (C=O) groups is 1. The summed E-state index contributed by atoms with van der Waals surface area (Å²) in [6.07, 6.45) is 48.5. The fourth-order valence-electron chi connectivity index (χ4n) is 8.33. The van der Waals surface area contributed by atoms with Gasteiger partial charge >= 0.3 is 0 Å². The van der Waals surface area contributed by atoms with Crippen LogP contribution in [0.25, 0.3) is 0 Å². The maximum atomic E-state index is 12.2. The summed E-state index contributed by atoms with van der Waals surface area (Å²) in [5.74, 6) is 0.404. The Morgan fingerprint density at radius 2 is 0.717 bits per heavy atom. The summed E-state index contributed by atoms with van der Waals surface area (Å²) in [5, 5.41) is 0. The first-order chi connectivity index (χ1) is 29.2. The second-order valence-electron chi connectivity index (χ2n) is 18.3. The zero-order valence-electron chi connectivity index (χ0n) is 40.8. The molecule has 0 aromatic heterocycles. The minimum absolute atomic E-state index is 0.404. The number of isocyanates is 1. The lowest BCUT2D eigenvalue weighted by molar-refractivity contribution is -0.118. The van der Waals surface area contributed by atoms with Gasteiger partial charge in [-0.1, -0.05) is 248 Å². The molecule has 0 bridgehead atoms. The Morgan fingerprint density at radius 1 is 0.433 bits per heavy atom. The molecule has 0 radical (unpaired) electrons. The van der Waals surface area contributed by atoms with Crippen LogP contribution in [0.2, 0.25) is 0 Å². The lowest BCUT2D eigenvalue weighted by Gasteiger charge is -2.05. The van der Waals surface area contributed by atoms with Gasteiger partial charge in [-0.05, 0) is 69.4 Å². The van der Waals surface area contributed by atoms with Crippen molar-refractivity contribution in [1.29, 1.82) is 0 Å². The Morgan fingerprint density at radius 3 is 1.02 bits per heavy atom. The molecule has 0 aliphatic heterocycles. The van der Waals surface area contributed by atoms with Gasteiger partial charge in [0.25, 0.3) is 0 Å². The minimum Gasteiger partial charge on any atom is -0.399 e. The van der Waals surface area contributed by atoms with E-state index in [0.29, 0.717) is 18.7 Å². The third-order valence-corrected chi connectivity index (χ3v) is 11.7. The Bertz CT molecular complexity index is 1230. The van der Waals surface area contributed by atoms with Crippen molar-refractivity contribution in [2.75, 3.05) is 12.3 Å². The number of hydrogen-bond donors (Lipinski definition) is 1. The molecule has 2 N–H and O–H groups in total. The van der Waals surface area contributed by atoms with Gasteiger partial charge in [0.15, 0.2) is 0 Å². The minimum atomic E-state index is 0.404. The largest absolute Gasteiger partial charge is 0.399 e. The zero-order chi connectivity index (χ0) is 44.2. The lowest BCUT2D eigenvalue weighted by Crippen LogP contribution is -2.03. The van der Waals surface area contributed by atoms with Crippen LogP contribution in [0.1, 0.15) is 260 Å². The molecular formula is C56H98N2O2. The maximum absolute atomic E-state index is 12.2. The van der Waals surface area contributed by atoms with Gasteiger partial charge in [-0.15, -0.1) is 0 Å². The predicted molar refractivity (Wildman–Crippen MR) is 266 cm³/mol. The highest BCUT2D eigenvalue weighted by Crippen LogP contribution is 2.17. The van der Waals surface area contributed by atoms with E-state index in [1.54, 1.807) is 6.08 Å². The van der Waals surface area contributed by atoms with Crippen molar-refractivity contribution < 1.29 is 9.59 Å². The molecule has 0 saturated heterocycles. The topological polar surface area (TPSA) is 72.5 Å². The first-order valence-corrected chi connectivity index (χ1v) is 25.7. The van der Waals surface area contributed by atoms with Crippen LogP contribution in [0.15, 0.2) is 41.4 Å². The first-order valence-electron chi connectivity index (χ1n) is 25.7. The fourth-order valence-corrected chi connectivity index (χ4v) is 8.33. The number of hydrogen-bond acceptors (Lipinski definition) is 4. The molecule has 0 aliphatic rings. The molecule has 0 unspecified atom stereocenters. The highest BCUT2D eigenvalue weighted by Gasteiger charge is 2.05. The normalized spacial score (nSPS) is 10.7. The van der Waals surface area contributed by atoms with Gasteiger partial charge in [-0.2, -0.15) is 0 Å². The summed E-state index contributed by atoms with van der Waals surface area (Å²) in [7, 11) is 0. The smallest absolute Gasteiger partial charge is 0.234 e. The van der Waals surface area contributed by atoms with Crippen LogP contribution in [-0.4, -0.2) is 18.4 Å². The fraction of sp³-hybridized carbons (Fsp3) is 0.750. The maximum Gasteiger partial charge on any atom is 0.234 e. The molecule has 4 nitrogen and oxygen atoms in total. The van der Waals surface area contributed by atoms with E-state index in [2.05, 4.69) is 57.0 Å². The van der Waals surface area contributed by atoms with E-state index in [4.69, 9.17) is 5.73 Å². The number of aryl methyl sites for hydroxylation is 4. The van der Waals surface area contributed by atoms with Crippen LogP contribution in [0.3, 0.4) is 0 Å². The molecule has 0 amide bonds. The Kier molecular flexibility index (Phi) is 42.3. The second-order valence-corrected chi connectivity index (χ2v) is 18.3. The molecule has 0 fully saturated rings. The lowest BCUT2D eigenvalue weighted by atomic mass is 10.00. The van der Waals surface area contributed by atoms with Crippen molar-refractivity contribution in [3.63, 3.8) is 0 Å². The standard InChI is InChI=1S/C29H50O.C19H37NO.C8H11N/c1-4-5-6-7-8-9-10-11-12-13-14-15-16-17-18-19-20-21-29(30)25-28-23-26(2)22-27(3)24-28;1-2-3-4-5-6-7-8-9-10-11-12-13-14-15-16-17-18-20-19-21;1-6-3-7(2)5-8(9)4-6/h22-24H,4-21,25H2,1-3H3;2-18H2,1H3;3-5H,9H2,1-2H3. The number of nitrogens with two attached hydrogens (primary N) is 1. The van der Waals surface area contributed by atoms with Crippen molar-refractivity contribution in [2.45, 2.75) is 266 Å². The monoisotopic (exact) mass is 831 g/mol. The number of nitrogen functional groups attached to an aromatic ring is 1. The number of ketones is 1. The van der Waals surface area contributed by atoms with Crippen LogP contribution in [0.4, 0.5) is 5.69 Å². The van der Waals surface area contributed by atoms with Gasteiger partial charge in [0, 0.05) is 18.5 Å². The molecule has 0 spiro atoms. The van der Waals surface area contributed by atoms with E-state index in [1.807, 2.05) is 26.0 Å². The summed E-state index contributed by atoms with van der Waals surface area (Å²) in [6.45, 7) is 13.5. The summed E-state index contributed by atoms with van der Waals surface area (Å²) in [5.41, 5.74) is 12.6. The van der Waals surface area contributed by atoms with Crippen molar-refractivity contribution in [2.24, 2.45) is 4.99 Å². The van der Waals surface area contributed by atoms with Gasteiger partial charge in [0.05, 0.1) is 6.54 Å². The highest BCUT2D eigenvalue weighted by molar-refractivity contribution is 5.80. The molecule has 0 heterocycles. The molecule has 2 aromatic carbocycles. The molecule has 2 rings (SSSR count). The highest BCUT2D eigenvalue weighted by atomic mass is 16.1.